The Balaban J connectivity index is 2.10. The van der Waals surface area contributed by atoms with Crippen LogP contribution in [-0.4, -0.2) is 4.98 Å². The van der Waals surface area contributed by atoms with Crippen molar-refractivity contribution in [1.29, 1.82) is 0 Å². The van der Waals surface area contributed by atoms with Gasteiger partial charge in [0, 0.05) is 16.4 Å². The zero-order valence-corrected chi connectivity index (χ0v) is 13.2. The van der Waals surface area contributed by atoms with Gasteiger partial charge >= 0.3 is 0 Å². The fourth-order valence-electron chi connectivity index (χ4n) is 2.23. The molecule has 0 amide bonds. The Morgan fingerprint density at radius 1 is 1.14 bits per heavy atom. The fourth-order valence-corrected chi connectivity index (χ4v) is 2.71. The summed E-state index contributed by atoms with van der Waals surface area (Å²) in [6.07, 6.45) is 0. The fraction of sp³-hybridized carbons (Fsp3) is 0.118. The van der Waals surface area contributed by atoms with E-state index >= 15 is 0 Å². The van der Waals surface area contributed by atoms with Crippen molar-refractivity contribution in [2.24, 2.45) is 5.73 Å². The smallest absolute Gasteiger partial charge is 0.227 e. The number of hydrogen-bond acceptors (Lipinski definition) is 3. The number of nitrogens with two attached hydrogens (primary N) is 1. The molecule has 0 aliphatic carbocycles. The van der Waals surface area contributed by atoms with E-state index in [1.165, 1.54) is 0 Å². The number of nitrogens with zero attached hydrogens (tertiary/aromatic N) is 1. The maximum atomic E-state index is 6.03. The summed E-state index contributed by atoms with van der Waals surface area (Å²) in [5.41, 5.74) is 7.60. The van der Waals surface area contributed by atoms with Gasteiger partial charge in [-0.25, -0.2) is 4.98 Å². The van der Waals surface area contributed by atoms with E-state index in [9.17, 15) is 0 Å². The second-order valence-electron chi connectivity index (χ2n) is 4.86. The molecule has 0 saturated heterocycles. The molecular weight excluding hydrogens is 328 g/mol. The molecule has 0 radical (unpaired) electrons. The Morgan fingerprint density at radius 3 is 2.71 bits per heavy atom. The Labute approximate surface area is 131 Å². The first-order chi connectivity index (χ1) is 10.2. The van der Waals surface area contributed by atoms with Crippen LogP contribution < -0.4 is 10.5 Å². The summed E-state index contributed by atoms with van der Waals surface area (Å²) in [6.45, 7) is 2.40. The second-order valence-corrected chi connectivity index (χ2v) is 5.77. The maximum Gasteiger partial charge on any atom is 0.227 e. The van der Waals surface area contributed by atoms with Gasteiger partial charge in [-0.2, -0.15) is 0 Å². The van der Waals surface area contributed by atoms with E-state index in [0.29, 0.717) is 12.4 Å². The van der Waals surface area contributed by atoms with Gasteiger partial charge in [0.15, 0.2) is 0 Å². The highest BCUT2D eigenvalue weighted by Gasteiger charge is 2.09. The van der Waals surface area contributed by atoms with Crippen LogP contribution in [0, 0.1) is 6.92 Å². The number of pyridine rings is 1. The molecule has 2 aromatic carbocycles. The van der Waals surface area contributed by atoms with Crippen molar-refractivity contribution in [2.75, 3.05) is 0 Å². The second kappa shape index (κ2) is 5.84. The van der Waals surface area contributed by atoms with Crippen LogP contribution >= 0.6 is 15.9 Å². The van der Waals surface area contributed by atoms with Gasteiger partial charge in [0.1, 0.15) is 5.75 Å². The molecule has 2 N–H and O–H groups in total. The quantitative estimate of drug-likeness (QED) is 0.759. The molecule has 21 heavy (non-hydrogen) atoms. The average molecular weight is 343 g/mol. The van der Waals surface area contributed by atoms with E-state index in [1.54, 1.807) is 0 Å². The van der Waals surface area contributed by atoms with Crippen molar-refractivity contribution in [2.45, 2.75) is 13.5 Å². The molecule has 106 valence electrons. The molecule has 0 saturated carbocycles. The highest BCUT2D eigenvalue weighted by atomic mass is 79.9. The van der Waals surface area contributed by atoms with Crippen molar-refractivity contribution in [3.8, 4) is 11.6 Å². The molecule has 3 rings (SSSR count). The van der Waals surface area contributed by atoms with E-state index in [0.717, 1.165) is 32.3 Å². The summed E-state index contributed by atoms with van der Waals surface area (Å²) in [7, 11) is 0. The molecule has 4 heteroatoms. The number of aryl methyl sites for hydroxylation is 1. The summed E-state index contributed by atoms with van der Waals surface area (Å²) in [6, 6.07) is 15.9. The van der Waals surface area contributed by atoms with Crippen LogP contribution in [0.4, 0.5) is 0 Å². The number of fused-ring (bicyclic) bond motifs is 1. The van der Waals surface area contributed by atoms with Crippen LogP contribution in [0.1, 0.15) is 11.3 Å². The highest BCUT2D eigenvalue weighted by Crippen LogP contribution is 2.31. The van der Waals surface area contributed by atoms with Crippen molar-refractivity contribution in [1.82, 2.24) is 4.98 Å². The number of hydrogen-bond donors (Lipinski definition) is 1. The largest absolute Gasteiger partial charge is 0.438 e. The van der Waals surface area contributed by atoms with E-state index in [2.05, 4.69) is 20.9 Å². The van der Waals surface area contributed by atoms with E-state index in [-0.39, 0.29) is 0 Å². The van der Waals surface area contributed by atoms with Crippen molar-refractivity contribution in [3.63, 3.8) is 0 Å². The van der Waals surface area contributed by atoms with Crippen LogP contribution in [0.15, 0.2) is 53.0 Å². The Hall–Kier alpha value is -1.91. The van der Waals surface area contributed by atoms with Gasteiger partial charge in [0.2, 0.25) is 5.88 Å². The molecule has 0 atom stereocenters. The topological polar surface area (TPSA) is 48.1 Å². The number of aromatic nitrogens is 1. The van der Waals surface area contributed by atoms with Crippen molar-refractivity contribution >= 4 is 26.7 Å². The van der Waals surface area contributed by atoms with Gasteiger partial charge < -0.3 is 10.5 Å². The third kappa shape index (κ3) is 2.91. The Bertz CT molecular complexity index is 802. The lowest BCUT2D eigenvalue weighted by Gasteiger charge is -2.12. The van der Waals surface area contributed by atoms with Gasteiger partial charge in [0.25, 0.3) is 0 Å². The minimum Gasteiger partial charge on any atom is -0.438 e. The first-order valence-corrected chi connectivity index (χ1v) is 7.49. The minimum atomic E-state index is 0.389. The lowest BCUT2D eigenvalue weighted by atomic mass is 10.1. The molecule has 1 aromatic heterocycles. The molecule has 0 aliphatic rings. The molecule has 3 aromatic rings. The molecule has 0 fully saturated rings. The van der Waals surface area contributed by atoms with Gasteiger partial charge in [-0.05, 0) is 48.2 Å². The number of rotatable bonds is 3. The van der Waals surface area contributed by atoms with Crippen LogP contribution in [-0.2, 0) is 6.54 Å². The molecule has 1 heterocycles. The molecule has 0 spiro atoms. The van der Waals surface area contributed by atoms with Crippen molar-refractivity contribution < 1.29 is 4.74 Å². The summed E-state index contributed by atoms with van der Waals surface area (Å²) in [5.74, 6) is 1.39. The zero-order valence-electron chi connectivity index (χ0n) is 11.6. The van der Waals surface area contributed by atoms with Crippen LogP contribution in [0.5, 0.6) is 11.6 Å². The van der Waals surface area contributed by atoms with Crippen LogP contribution in [0.25, 0.3) is 10.8 Å². The number of halogens is 1. The molecule has 0 aliphatic heterocycles. The molecular formula is C17H15BrN2O. The van der Waals surface area contributed by atoms with E-state index in [1.807, 2.05) is 55.5 Å². The standard InChI is InChI=1S/C17H15BrN2O/c1-11-8-13(18)6-7-16(11)21-17-15-5-3-2-4-12(15)9-14(10-19)20-17/h2-9H,10,19H2,1H3. The normalized spacial score (nSPS) is 10.8. The zero-order chi connectivity index (χ0) is 14.8. The summed E-state index contributed by atoms with van der Waals surface area (Å²) in [4.78, 5) is 4.52. The first kappa shape index (κ1) is 14.0. The Kier molecular flexibility index (Phi) is 3.90. The van der Waals surface area contributed by atoms with Gasteiger partial charge in [-0.15, -0.1) is 0 Å². The van der Waals surface area contributed by atoms with Gasteiger partial charge in [-0.1, -0.05) is 34.1 Å². The van der Waals surface area contributed by atoms with E-state index in [4.69, 9.17) is 10.5 Å². The molecule has 0 unspecified atom stereocenters. The summed E-state index contributed by atoms with van der Waals surface area (Å²) < 4.78 is 7.06. The van der Waals surface area contributed by atoms with Crippen LogP contribution in [0.3, 0.4) is 0 Å². The third-order valence-corrected chi connectivity index (χ3v) is 3.80. The summed E-state index contributed by atoms with van der Waals surface area (Å²) in [5, 5.41) is 2.06. The third-order valence-electron chi connectivity index (χ3n) is 3.31. The highest BCUT2D eigenvalue weighted by molar-refractivity contribution is 9.10. The molecule has 0 bridgehead atoms. The van der Waals surface area contributed by atoms with Gasteiger partial charge in [0.05, 0.1) is 5.69 Å². The average Bonchev–Trinajstić information content (AvgIpc) is 2.49. The predicted molar refractivity (Wildman–Crippen MR) is 88.6 cm³/mol. The van der Waals surface area contributed by atoms with E-state index < -0.39 is 0 Å². The SMILES string of the molecule is Cc1cc(Br)ccc1Oc1nc(CN)cc2ccccc12. The lowest BCUT2D eigenvalue weighted by Crippen LogP contribution is -2.01. The minimum absolute atomic E-state index is 0.389. The number of ether oxygens (including phenoxy) is 1. The molecule has 3 nitrogen and oxygen atoms in total. The summed E-state index contributed by atoms with van der Waals surface area (Å²) >= 11 is 3.46. The number of benzene rings is 2. The van der Waals surface area contributed by atoms with Gasteiger partial charge in [-0.3, -0.25) is 0 Å². The Morgan fingerprint density at radius 2 is 1.95 bits per heavy atom. The van der Waals surface area contributed by atoms with Crippen molar-refractivity contribution in [3.05, 3.63) is 64.3 Å². The predicted octanol–water partition coefficient (Wildman–Crippen LogP) is 4.56. The lowest BCUT2D eigenvalue weighted by molar-refractivity contribution is 0.463. The maximum absolute atomic E-state index is 6.03. The monoisotopic (exact) mass is 342 g/mol. The first-order valence-electron chi connectivity index (χ1n) is 6.70. The van der Waals surface area contributed by atoms with Crippen LogP contribution in [0.2, 0.25) is 0 Å².